The Morgan fingerprint density at radius 2 is 2.03 bits per heavy atom. The lowest BCUT2D eigenvalue weighted by Gasteiger charge is -2.28. The van der Waals surface area contributed by atoms with Gasteiger partial charge in [-0.15, -0.1) is 0 Å². The Hall–Kier alpha value is -2.44. The first-order chi connectivity index (χ1) is 14.3. The second-order valence-corrected chi connectivity index (χ2v) is 8.80. The van der Waals surface area contributed by atoms with E-state index in [2.05, 4.69) is 11.1 Å². The third-order valence-electron chi connectivity index (χ3n) is 6.57. The Kier molecular flexibility index (Phi) is 4.60. The molecule has 158 valence electrons. The summed E-state index contributed by atoms with van der Waals surface area (Å²) < 4.78 is 38.4. The van der Waals surface area contributed by atoms with Crippen molar-refractivity contribution in [2.24, 2.45) is 17.8 Å². The van der Waals surface area contributed by atoms with Gasteiger partial charge in [0, 0.05) is 43.1 Å². The van der Waals surface area contributed by atoms with Gasteiger partial charge < -0.3 is 4.90 Å². The highest BCUT2D eigenvalue weighted by Crippen LogP contribution is 2.51. The number of ketones is 1. The van der Waals surface area contributed by atoms with Gasteiger partial charge in [-0.25, -0.2) is 0 Å². The minimum atomic E-state index is -4.28. The molecule has 1 aliphatic heterocycles. The number of fused-ring (bicyclic) bond motifs is 1. The molecule has 5 rings (SSSR count). The van der Waals surface area contributed by atoms with E-state index in [4.69, 9.17) is 0 Å². The van der Waals surface area contributed by atoms with E-state index in [9.17, 15) is 22.8 Å². The van der Waals surface area contributed by atoms with Gasteiger partial charge in [0.05, 0.1) is 17.5 Å². The average Bonchev–Trinajstić information content (AvgIpc) is 3.62. The maximum Gasteiger partial charge on any atom is 0.392 e. The standard InChI is InChI=1S/C23H23F3N2O2/c24-23(25,26)19-12-18(19)22(30)28-8-6-13(7-9-28)17-10-15(11-21(29)14-4-5-14)27-20-3-1-2-16(17)20/h1-2,6,10,14,18-19H,3-5,7-9,11-12H2. The second-order valence-electron chi connectivity index (χ2n) is 8.80. The van der Waals surface area contributed by atoms with Crippen LogP contribution in [0.2, 0.25) is 0 Å². The molecule has 0 N–H and O–H groups in total. The smallest absolute Gasteiger partial charge is 0.338 e. The number of aromatic nitrogens is 1. The van der Waals surface area contributed by atoms with Crippen molar-refractivity contribution in [1.82, 2.24) is 9.88 Å². The second kappa shape index (κ2) is 7.06. The number of Topliss-reactive ketones (excluding diaryl/α,β-unsaturated/α-hetero) is 1. The maximum atomic E-state index is 12.8. The summed E-state index contributed by atoms with van der Waals surface area (Å²) in [6, 6.07) is 1.98. The van der Waals surface area contributed by atoms with Gasteiger partial charge in [-0.1, -0.05) is 18.2 Å². The van der Waals surface area contributed by atoms with Crippen LogP contribution in [0.3, 0.4) is 0 Å². The van der Waals surface area contributed by atoms with E-state index in [1.807, 2.05) is 18.2 Å². The van der Waals surface area contributed by atoms with E-state index >= 15 is 0 Å². The first-order valence-corrected chi connectivity index (χ1v) is 10.6. The summed E-state index contributed by atoms with van der Waals surface area (Å²) in [6.07, 6.45) is 5.31. The molecule has 0 bridgehead atoms. The molecule has 2 saturated carbocycles. The summed E-state index contributed by atoms with van der Waals surface area (Å²) in [7, 11) is 0. The third-order valence-corrected chi connectivity index (χ3v) is 6.57. The topological polar surface area (TPSA) is 50.3 Å². The largest absolute Gasteiger partial charge is 0.392 e. The molecule has 4 aliphatic rings. The number of halogens is 3. The van der Waals surface area contributed by atoms with Crippen LogP contribution in [0.15, 0.2) is 18.2 Å². The van der Waals surface area contributed by atoms with Crippen LogP contribution in [0.25, 0.3) is 11.6 Å². The van der Waals surface area contributed by atoms with Crippen LogP contribution in [-0.4, -0.2) is 40.8 Å². The van der Waals surface area contributed by atoms with Gasteiger partial charge in [-0.2, -0.15) is 13.2 Å². The summed E-state index contributed by atoms with van der Waals surface area (Å²) >= 11 is 0. The van der Waals surface area contributed by atoms with Crippen LogP contribution >= 0.6 is 0 Å². The Bertz CT molecular complexity index is 975. The van der Waals surface area contributed by atoms with Crippen molar-refractivity contribution >= 4 is 23.3 Å². The van der Waals surface area contributed by atoms with Crippen LogP contribution < -0.4 is 0 Å². The molecule has 1 aromatic rings. The van der Waals surface area contributed by atoms with E-state index < -0.39 is 18.0 Å². The molecule has 1 amide bonds. The van der Waals surface area contributed by atoms with E-state index in [1.165, 1.54) is 4.90 Å². The maximum absolute atomic E-state index is 12.8. The summed E-state index contributed by atoms with van der Waals surface area (Å²) in [5.41, 5.74) is 4.93. The van der Waals surface area contributed by atoms with Crippen molar-refractivity contribution in [3.63, 3.8) is 0 Å². The Balaban J connectivity index is 1.32. The van der Waals surface area contributed by atoms with Crippen molar-refractivity contribution < 1.29 is 22.8 Å². The first kappa shape index (κ1) is 19.5. The zero-order valence-corrected chi connectivity index (χ0v) is 16.5. The highest BCUT2D eigenvalue weighted by Gasteiger charge is 2.59. The fourth-order valence-electron chi connectivity index (χ4n) is 4.56. The van der Waals surface area contributed by atoms with Crippen LogP contribution in [0.5, 0.6) is 0 Å². The minimum Gasteiger partial charge on any atom is -0.338 e. The number of allylic oxidation sites excluding steroid dienone is 1. The van der Waals surface area contributed by atoms with Crippen molar-refractivity contribution in [3.8, 4) is 0 Å². The molecule has 4 nitrogen and oxygen atoms in total. The highest BCUT2D eigenvalue weighted by atomic mass is 19.4. The van der Waals surface area contributed by atoms with Crippen LogP contribution in [-0.2, 0) is 22.4 Å². The van der Waals surface area contributed by atoms with Crippen molar-refractivity contribution in [2.75, 3.05) is 13.1 Å². The van der Waals surface area contributed by atoms with Crippen LogP contribution in [0.1, 0.15) is 48.2 Å². The van der Waals surface area contributed by atoms with E-state index in [1.54, 1.807) is 0 Å². The number of alkyl halides is 3. The normalized spacial score (nSPS) is 25.2. The number of carbonyl (C=O) groups is 2. The molecule has 0 spiro atoms. The molecule has 7 heteroatoms. The van der Waals surface area contributed by atoms with Crippen molar-refractivity contribution in [2.45, 2.75) is 44.7 Å². The summed E-state index contributed by atoms with van der Waals surface area (Å²) in [4.78, 5) is 30.9. The number of amides is 1. The summed E-state index contributed by atoms with van der Waals surface area (Å²) in [6.45, 7) is 0.745. The van der Waals surface area contributed by atoms with E-state index in [0.717, 1.165) is 47.4 Å². The molecular weight excluding hydrogens is 393 g/mol. The van der Waals surface area contributed by atoms with Gasteiger partial charge in [0.15, 0.2) is 0 Å². The molecule has 2 heterocycles. The van der Waals surface area contributed by atoms with Gasteiger partial charge in [0.1, 0.15) is 5.78 Å². The lowest BCUT2D eigenvalue weighted by molar-refractivity contribution is -0.157. The molecular formula is C23H23F3N2O2. The van der Waals surface area contributed by atoms with Crippen molar-refractivity contribution in [3.05, 3.63) is 40.7 Å². The number of hydrogen-bond donors (Lipinski definition) is 0. The number of pyridine rings is 1. The quantitative estimate of drug-likeness (QED) is 0.730. The predicted molar refractivity (Wildman–Crippen MR) is 105 cm³/mol. The molecule has 2 unspecified atom stereocenters. The van der Waals surface area contributed by atoms with Gasteiger partial charge in [-0.05, 0) is 42.9 Å². The third kappa shape index (κ3) is 3.70. The first-order valence-electron chi connectivity index (χ1n) is 10.6. The Morgan fingerprint density at radius 1 is 1.23 bits per heavy atom. The van der Waals surface area contributed by atoms with Crippen LogP contribution in [0.4, 0.5) is 13.2 Å². The van der Waals surface area contributed by atoms with E-state index in [0.29, 0.717) is 25.9 Å². The highest BCUT2D eigenvalue weighted by molar-refractivity contribution is 5.86. The monoisotopic (exact) mass is 416 g/mol. The Morgan fingerprint density at radius 3 is 2.67 bits per heavy atom. The van der Waals surface area contributed by atoms with Gasteiger partial charge in [0.25, 0.3) is 0 Å². The predicted octanol–water partition coefficient (Wildman–Crippen LogP) is 3.99. The molecule has 1 aromatic heterocycles. The van der Waals surface area contributed by atoms with Gasteiger partial charge in [0.2, 0.25) is 5.91 Å². The van der Waals surface area contributed by atoms with Crippen LogP contribution in [0, 0.1) is 17.8 Å². The lowest BCUT2D eigenvalue weighted by atomic mass is 9.93. The zero-order valence-electron chi connectivity index (χ0n) is 16.5. The fraction of sp³-hybridized carbons (Fsp3) is 0.522. The van der Waals surface area contributed by atoms with E-state index in [-0.39, 0.29) is 24.0 Å². The molecule has 2 atom stereocenters. The average molecular weight is 416 g/mol. The number of nitrogens with zero attached hydrogens (tertiary/aromatic N) is 2. The zero-order chi connectivity index (χ0) is 21.0. The number of hydrogen-bond acceptors (Lipinski definition) is 3. The SMILES string of the molecule is O=C(Cc1cc(C2=CCN(C(=O)C3CC3C(F)(F)F)CC2)c2c(n1)CC=C2)C1CC1. The molecule has 0 aromatic carbocycles. The molecule has 2 fully saturated rings. The lowest BCUT2D eigenvalue weighted by Crippen LogP contribution is -2.36. The Labute approximate surface area is 172 Å². The summed E-state index contributed by atoms with van der Waals surface area (Å²) in [5.74, 6) is -2.33. The minimum absolute atomic E-state index is 0.0869. The number of rotatable bonds is 5. The molecule has 30 heavy (non-hydrogen) atoms. The van der Waals surface area contributed by atoms with Gasteiger partial charge >= 0.3 is 6.18 Å². The molecule has 3 aliphatic carbocycles. The molecule has 0 radical (unpaired) electrons. The fourth-order valence-corrected chi connectivity index (χ4v) is 4.56. The van der Waals surface area contributed by atoms with Gasteiger partial charge in [-0.3, -0.25) is 14.6 Å². The molecule has 0 saturated heterocycles. The van der Waals surface area contributed by atoms with Crippen molar-refractivity contribution in [1.29, 1.82) is 0 Å². The number of carbonyl (C=O) groups excluding carboxylic acids is 2. The summed E-state index contributed by atoms with van der Waals surface area (Å²) in [5, 5.41) is 0.